The van der Waals surface area contributed by atoms with E-state index in [1.807, 2.05) is 0 Å². The summed E-state index contributed by atoms with van der Waals surface area (Å²) in [5.41, 5.74) is 5.00. The Hall–Kier alpha value is -0.480. The topological polar surface area (TPSA) is 0 Å². The maximum Gasteiger partial charge on any atom is 0.00167 e. The average Bonchev–Trinajstić information content (AvgIpc) is 2.11. The Morgan fingerprint density at radius 2 is 2.50 bits per heavy atom. The van der Waals surface area contributed by atoms with Crippen molar-refractivity contribution >= 4 is 0 Å². The molecule has 0 amide bonds. The van der Waals surface area contributed by atoms with Gasteiger partial charge in [-0.3, -0.25) is 0 Å². The molecule has 0 aromatic rings. The predicted molar refractivity (Wildman–Crippen MR) is 31.3 cm³/mol. The summed E-state index contributed by atoms with van der Waals surface area (Å²) in [7, 11) is 0. The van der Waals surface area contributed by atoms with Crippen molar-refractivity contribution < 1.29 is 0 Å². The molecule has 3 atom stereocenters. The number of allylic oxidation sites excluding steroid dienone is 1. The molecular weight excluding hydrogens is 96.1 g/mol. The molecule has 3 aliphatic carbocycles. The van der Waals surface area contributed by atoms with Gasteiger partial charge in [0.05, 0.1) is 0 Å². The van der Waals surface area contributed by atoms with Crippen molar-refractivity contribution in [2.75, 3.05) is 0 Å². The van der Waals surface area contributed by atoms with E-state index in [1.54, 1.807) is 5.57 Å². The van der Waals surface area contributed by atoms with Crippen LogP contribution in [0.5, 0.6) is 0 Å². The number of rotatable bonds is 0. The van der Waals surface area contributed by atoms with E-state index in [0.717, 1.165) is 17.8 Å². The fraction of sp³-hybridized carbons (Fsp3) is 0.625. The lowest BCUT2D eigenvalue weighted by Gasteiger charge is -1.95. The molecule has 2 fully saturated rings. The lowest BCUT2D eigenvalue weighted by Crippen LogP contribution is -1.88. The maximum atomic E-state index is 3.35. The van der Waals surface area contributed by atoms with Crippen LogP contribution in [0, 0.1) is 17.8 Å². The summed E-state index contributed by atoms with van der Waals surface area (Å²) in [6.45, 7) is 0. The Balaban J connectivity index is 2.25. The Morgan fingerprint density at radius 3 is 3.12 bits per heavy atom. The molecule has 0 heteroatoms. The summed E-state index contributed by atoms with van der Waals surface area (Å²) >= 11 is 0. The monoisotopic (exact) mass is 104 g/mol. The van der Waals surface area contributed by atoms with Gasteiger partial charge in [-0.25, -0.2) is 0 Å². The first-order valence-electron chi connectivity index (χ1n) is 3.43. The maximum absolute atomic E-state index is 3.35. The van der Waals surface area contributed by atoms with Crippen LogP contribution < -0.4 is 0 Å². The first-order valence-corrected chi connectivity index (χ1v) is 3.43. The van der Waals surface area contributed by atoms with E-state index in [1.165, 1.54) is 12.8 Å². The van der Waals surface area contributed by atoms with E-state index in [9.17, 15) is 0 Å². The van der Waals surface area contributed by atoms with Crippen LogP contribution in [-0.4, -0.2) is 0 Å². The third-order valence-electron chi connectivity index (χ3n) is 2.82. The van der Waals surface area contributed by atoms with E-state index in [0.29, 0.717) is 0 Å². The van der Waals surface area contributed by atoms with Crippen molar-refractivity contribution in [3.8, 4) is 0 Å². The van der Waals surface area contributed by atoms with Gasteiger partial charge in [0.2, 0.25) is 0 Å². The second-order valence-electron chi connectivity index (χ2n) is 3.14. The van der Waals surface area contributed by atoms with Crippen LogP contribution in [0.2, 0.25) is 0 Å². The normalized spacial score (nSPS) is 54.0. The minimum Gasteiger partial charge on any atom is -0.125 e. The lowest BCUT2D eigenvalue weighted by molar-refractivity contribution is 0.637. The van der Waals surface area contributed by atoms with E-state index in [-0.39, 0.29) is 0 Å². The zero-order chi connectivity index (χ0) is 5.14. The summed E-state index contributed by atoms with van der Waals surface area (Å²) in [5, 5.41) is 0. The molecule has 40 valence electrons. The third-order valence-corrected chi connectivity index (χ3v) is 2.82. The van der Waals surface area contributed by atoms with Crippen LogP contribution in [0.4, 0.5) is 0 Å². The quantitative estimate of drug-likeness (QED) is 0.410. The minimum absolute atomic E-state index is 0.940. The van der Waals surface area contributed by atoms with Gasteiger partial charge in [0.15, 0.2) is 0 Å². The highest BCUT2D eigenvalue weighted by molar-refractivity contribution is 5.39. The molecule has 3 aliphatic rings. The molecule has 0 aliphatic heterocycles. The number of hydrogen-bond acceptors (Lipinski definition) is 0. The van der Waals surface area contributed by atoms with Crippen LogP contribution >= 0.6 is 0 Å². The van der Waals surface area contributed by atoms with Crippen LogP contribution in [-0.2, 0) is 0 Å². The van der Waals surface area contributed by atoms with Crippen molar-refractivity contribution in [2.45, 2.75) is 12.8 Å². The smallest absolute Gasteiger partial charge is 0.00167 e. The van der Waals surface area contributed by atoms with Crippen molar-refractivity contribution in [1.82, 2.24) is 0 Å². The minimum atomic E-state index is 0.940. The molecule has 2 unspecified atom stereocenters. The highest BCUT2D eigenvalue weighted by atomic mass is 14.6. The molecule has 0 spiro atoms. The molecule has 0 saturated heterocycles. The second kappa shape index (κ2) is 0.825. The Labute approximate surface area is 48.9 Å². The molecule has 0 aromatic heterocycles. The van der Waals surface area contributed by atoms with E-state index < -0.39 is 0 Å². The summed E-state index contributed by atoms with van der Waals surface area (Å²) < 4.78 is 0. The van der Waals surface area contributed by atoms with Crippen LogP contribution in [0.15, 0.2) is 17.4 Å². The van der Waals surface area contributed by atoms with Gasteiger partial charge < -0.3 is 0 Å². The van der Waals surface area contributed by atoms with E-state index in [4.69, 9.17) is 0 Å². The van der Waals surface area contributed by atoms with E-state index in [2.05, 4.69) is 11.8 Å². The van der Waals surface area contributed by atoms with Crippen molar-refractivity contribution in [2.24, 2.45) is 17.8 Å². The van der Waals surface area contributed by atoms with Crippen molar-refractivity contribution in [3.05, 3.63) is 17.4 Å². The third kappa shape index (κ3) is 0.204. The summed E-state index contributed by atoms with van der Waals surface area (Å²) in [6.07, 6.45) is 5.20. The first-order chi connectivity index (χ1) is 3.97. The van der Waals surface area contributed by atoms with Gasteiger partial charge in [0.25, 0.3) is 0 Å². The summed E-state index contributed by atoms with van der Waals surface area (Å²) in [4.78, 5) is 0. The van der Waals surface area contributed by atoms with Gasteiger partial charge >= 0.3 is 0 Å². The van der Waals surface area contributed by atoms with Gasteiger partial charge in [-0.2, -0.15) is 0 Å². The molecular formula is C8H8. The number of fused-ring (bicyclic) bond motifs is 1. The van der Waals surface area contributed by atoms with Crippen molar-refractivity contribution in [1.29, 1.82) is 0 Å². The van der Waals surface area contributed by atoms with Crippen molar-refractivity contribution in [3.63, 3.8) is 0 Å². The molecule has 0 bridgehead atoms. The summed E-state index contributed by atoms with van der Waals surface area (Å²) in [5.74, 6) is 2.97. The SMILES string of the molecule is C1=C[C@H]2CCC3C=1C32. The van der Waals surface area contributed by atoms with Crippen LogP contribution in [0.25, 0.3) is 0 Å². The highest BCUT2D eigenvalue weighted by Gasteiger charge is 2.54. The summed E-state index contributed by atoms with van der Waals surface area (Å²) in [6, 6.07) is 0. The van der Waals surface area contributed by atoms with Gasteiger partial charge in [0, 0.05) is 5.92 Å². The largest absolute Gasteiger partial charge is 0.125 e. The average molecular weight is 104 g/mol. The molecule has 0 N–H and O–H groups in total. The Kier molecular flexibility index (Phi) is 0.364. The Morgan fingerprint density at radius 1 is 1.50 bits per heavy atom. The lowest BCUT2D eigenvalue weighted by atomic mass is 10.1. The molecule has 3 rings (SSSR count). The van der Waals surface area contributed by atoms with Gasteiger partial charge in [-0.05, 0) is 36.3 Å². The standard InChI is InChI=1S/C8H8/c1-3-6-7-4-2-5(1)8(6)7/h1,5,7-8H,2,4H2/t5-,7?,8?/m0/s1. The fourth-order valence-electron chi connectivity index (χ4n) is 2.35. The first kappa shape index (κ1) is 3.53. The molecule has 0 heterocycles. The molecule has 0 aromatic carbocycles. The zero-order valence-electron chi connectivity index (χ0n) is 4.72. The van der Waals surface area contributed by atoms with Gasteiger partial charge in [-0.1, -0.05) is 0 Å². The second-order valence-corrected chi connectivity index (χ2v) is 3.14. The highest BCUT2D eigenvalue weighted by Crippen LogP contribution is 2.62. The predicted octanol–water partition coefficient (Wildman–Crippen LogP) is 1.74. The van der Waals surface area contributed by atoms with Gasteiger partial charge in [-0.15, -0.1) is 5.73 Å². The zero-order valence-corrected chi connectivity index (χ0v) is 4.72. The van der Waals surface area contributed by atoms with Crippen LogP contribution in [0.1, 0.15) is 12.8 Å². The molecule has 2 saturated carbocycles. The molecule has 0 nitrogen and oxygen atoms in total. The van der Waals surface area contributed by atoms with Gasteiger partial charge in [0.1, 0.15) is 0 Å². The number of hydrogen-bond donors (Lipinski definition) is 0. The van der Waals surface area contributed by atoms with E-state index >= 15 is 0 Å². The molecule has 0 radical (unpaired) electrons. The van der Waals surface area contributed by atoms with Crippen LogP contribution in [0.3, 0.4) is 0 Å². The molecule has 8 heavy (non-hydrogen) atoms. The Bertz CT molecular complexity index is 193. The fourth-order valence-corrected chi connectivity index (χ4v) is 2.35.